The zero-order valence-corrected chi connectivity index (χ0v) is 14.4. The molecule has 1 aliphatic rings. The quantitative estimate of drug-likeness (QED) is 0.807. The fourth-order valence-corrected chi connectivity index (χ4v) is 3.57. The summed E-state index contributed by atoms with van der Waals surface area (Å²) >= 11 is 3.56. The molecule has 1 amide bonds. The minimum Gasteiger partial charge on any atom is -0.491 e. The number of halogens is 1. The van der Waals surface area contributed by atoms with E-state index in [0.717, 1.165) is 17.5 Å². The monoisotopic (exact) mass is 353 g/mol. The van der Waals surface area contributed by atoms with E-state index in [1.165, 1.54) is 19.3 Å². The van der Waals surface area contributed by atoms with Gasteiger partial charge >= 0.3 is 0 Å². The predicted octanol–water partition coefficient (Wildman–Crippen LogP) is 4.16. The van der Waals surface area contributed by atoms with Crippen molar-refractivity contribution in [2.24, 2.45) is 5.92 Å². The molecule has 0 aromatic heterocycles. The van der Waals surface area contributed by atoms with E-state index in [0.29, 0.717) is 11.5 Å². The van der Waals surface area contributed by atoms with Gasteiger partial charge in [-0.1, -0.05) is 28.8 Å². The summed E-state index contributed by atoms with van der Waals surface area (Å²) in [6.45, 7) is 3.98. The van der Waals surface area contributed by atoms with Gasteiger partial charge in [0.05, 0.1) is 6.10 Å². The summed E-state index contributed by atoms with van der Waals surface area (Å²) in [6.07, 6.45) is 4.89. The number of carbonyl (C=O) groups excluding carboxylic acids is 1. The first-order valence-electron chi connectivity index (χ1n) is 7.73. The lowest BCUT2D eigenvalue weighted by atomic mass is 9.86. The van der Waals surface area contributed by atoms with Gasteiger partial charge in [-0.05, 0) is 56.9 Å². The number of nitrogens with one attached hydrogen (secondary N) is 1. The van der Waals surface area contributed by atoms with Crippen LogP contribution in [-0.4, -0.2) is 23.4 Å². The van der Waals surface area contributed by atoms with Gasteiger partial charge in [0.2, 0.25) is 0 Å². The highest BCUT2D eigenvalue weighted by Crippen LogP contribution is 2.26. The molecule has 1 aromatic carbocycles. The molecule has 3 nitrogen and oxygen atoms in total. The Bertz CT molecular complexity index is 458. The van der Waals surface area contributed by atoms with Crippen LogP contribution in [0.4, 0.5) is 0 Å². The van der Waals surface area contributed by atoms with Gasteiger partial charge in [0.1, 0.15) is 5.75 Å². The van der Waals surface area contributed by atoms with Crippen LogP contribution in [-0.2, 0) is 0 Å². The molecule has 21 heavy (non-hydrogen) atoms. The van der Waals surface area contributed by atoms with Crippen molar-refractivity contribution in [1.29, 1.82) is 0 Å². The van der Waals surface area contributed by atoms with Crippen molar-refractivity contribution in [1.82, 2.24) is 5.32 Å². The number of rotatable bonds is 5. The van der Waals surface area contributed by atoms with Crippen LogP contribution in [0.1, 0.15) is 49.9 Å². The van der Waals surface area contributed by atoms with Gasteiger partial charge in [-0.25, -0.2) is 0 Å². The number of benzene rings is 1. The summed E-state index contributed by atoms with van der Waals surface area (Å²) in [7, 11) is 0. The van der Waals surface area contributed by atoms with Crippen molar-refractivity contribution in [2.75, 3.05) is 5.33 Å². The Morgan fingerprint density at radius 1 is 1.29 bits per heavy atom. The molecule has 1 aromatic rings. The lowest BCUT2D eigenvalue weighted by Crippen LogP contribution is -2.42. The van der Waals surface area contributed by atoms with Gasteiger partial charge in [0.25, 0.3) is 5.91 Å². The maximum Gasteiger partial charge on any atom is 0.251 e. The number of hydrogen-bond acceptors (Lipinski definition) is 2. The Balaban J connectivity index is 1.96. The van der Waals surface area contributed by atoms with Crippen LogP contribution in [0.25, 0.3) is 0 Å². The Morgan fingerprint density at radius 2 is 1.95 bits per heavy atom. The first-order chi connectivity index (χ1) is 10.1. The van der Waals surface area contributed by atoms with E-state index in [9.17, 15) is 4.79 Å². The van der Waals surface area contributed by atoms with E-state index in [4.69, 9.17) is 4.74 Å². The molecular formula is C17H24BrNO2. The average molecular weight is 354 g/mol. The van der Waals surface area contributed by atoms with Crippen LogP contribution in [0, 0.1) is 5.92 Å². The highest BCUT2D eigenvalue weighted by atomic mass is 79.9. The zero-order chi connectivity index (χ0) is 15.2. The molecule has 0 aliphatic heterocycles. The van der Waals surface area contributed by atoms with Crippen molar-refractivity contribution in [3.05, 3.63) is 29.8 Å². The van der Waals surface area contributed by atoms with Crippen molar-refractivity contribution >= 4 is 21.8 Å². The topological polar surface area (TPSA) is 38.3 Å². The summed E-state index contributed by atoms with van der Waals surface area (Å²) < 4.78 is 5.60. The molecule has 2 unspecified atom stereocenters. The van der Waals surface area contributed by atoms with Crippen LogP contribution in [0.5, 0.6) is 5.75 Å². The SMILES string of the molecule is CC(C)Oc1ccc(C(=O)NC2CCCCC2CBr)cc1. The summed E-state index contributed by atoms with van der Waals surface area (Å²) in [4.78, 5) is 12.3. The Kier molecular flexibility index (Phi) is 6.09. The van der Waals surface area contributed by atoms with Crippen molar-refractivity contribution < 1.29 is 9.53 Å². The number of alkyl halides is 1. The first kappa shape index (κ1) is 16.3. The minimum absolute atomic E-state index is 0.0175. The Hall–Kier alpha value is -1.03. The molecule has 0 spiro atoms. The third-order valence-corrected chi connectivity index (χ3v) is 4.74. The van der Waals surface area contributed by atoms with Gasteiger partial charge < -0.3 is 10.1 Å². The third kappa shape index (κ3) is 4.73. The minimum atomic E-state index is 0.0175. The van der Waals surface area contributed by atoms with Gasteiger partial charge in [-0.15, -0.1) is 0 Å². The van der Waals surface area contributed by atoms with E-state index < -0.39 is 0 Å². The maximum absolute atomic E-state index is 12.3. The molecule has 2 atom stereocenters. The lowest BCUT2D eigenvalue weighted by molar-refractivity contribution is 0.0911. The predicted molar refractivity (Wildman–Crippen MR) is 89.2 cm³/mol. The highest BCUT2D eigenvalue weighted by molar-refractivity contribution is 9.09. The summed E-state index contributed by atoms with van der Waals surface area (Å²) in [5, 5.41) is 4.14. The smallest absolute Gasteiger partial charge is 0.251 e. The molecular weight excluding hydrogens is 330 g/mol. The normalized spacial score (nSPS) is 22.1. The molecule has 116 valence electrons. The number of carbonyl (C=O) groups is 1. The van der Waals surface area contributed by atoms with Crippen LogP contribution in [0.15, 0.2) is 24.3 Å². The fourth-order valence-electron chi connectivity index (χ4n) is 2.79. The zero-order valence-electron chi connectivity index (χ0n) is 12.8. The second kappa shape index (κ2) is 7.83. The molecule has 1 N–H and O–H groups in total. The summed E-state index contributed by atoms with van der Waals surface area (Å²) in [5.41, 5.74) is 0.699. The molecule has 0 radical (unpaired) electrons. The molecule has 2 rings (SSSR count). The number of amides is 1. The van der Waals surface area contributed by atoms with Crippen LogP contribution < -0.4 is 10.1 Å². The maximum atomic E-state index is 12.3. The molecule has 0 heterocycles. The number of ether oxygens (including phenoxy) is 1. The molecule has 1 fully saturated rings. The fraction of sp³-hybridized carbons (Fsp3) is 0.588. The van der Waals surface area contributed by atoms with Crippen molar-refractivity contribution in [3.63, 3.8) is 0 Å². The van der Waals surface area contributed by atoms with Crippen LogP contribution in [0.3, 0.4) is 0 Å². The summed E-state index contributed by atoms with van der Waals surface area (Å²) in [6, 6.07) is 7.67. The van der Waals surface area contributed by atoms with Crippen LogP contribution in [0.2, 0.25) is 0 Å². The van der Waals surface area contributed by atoms with Crippen molar-refractivity contribution in [3.8, 4) is 5.75 Å². The van der Waals surface area contributed by atoms with E-state index in [1.54, 1.807) is 0 Å². The second-order valence-electron chi connectivity index (χ2n) is 5.97. The molecule has 0 bridgehead atoms. The average Bonchev–Trinajstić information content (AvgIpc) is 2.48. The van der Waals surface area contributed by atoms with E-state index in [1.807, 2.05) is 38.1 Å². The van der Waals surface area contributed by atoms with E-state index in [-0.39, 0.29) is 18.1 Å². The van der Waals surface area contributed by atoms with Crippen molar-refractivity contribution in [2.45, 2.75) is 51.7 Å². The summed E-state index contributed by atoms with van der Waals surface area (Å²) in [5.74, 6) is 1.37. The lowest BCUT2D eigenvalue weighted by Gasteiger charge is -2.31. The first-order valence-corrected chi connectivity index (χ1v) is 8.86. The van der Waals surface area contributed by atoms with Gasteiger partial charge in [0, 0.05) is 16.9 Å². The largest absolute Gasteiger partial charge is 0.491 e. The Morgan fingerprint density at radius 3 is 2.57 bits per heavy atom. The van der Waals surface area contributed by atoms with Crippen LogP contribution >= 0.6 is 15.9 Å². The molecule has 1 aliphatic carbocycles. The third-order valence-electron chi connectivity index (χ3n) is 3.91. The second-order valence-corrected chi connectivity index (χ2v) is 6.62. The Labute approximate surface area is 135 Å². The molecule has 0 saturated heterocycles. The van der Waals surface area contributed by atoms with Gasteiger partial charge in [0.15, 0.2) is 0 Å². The van der Waals surface area contributed by atoms with Gasteiger partial charge in [-0.3, -0.25) is 4.79 Å². The standard InChI is InChI=1S/C17H24BrNO2/c1-12(2)21-15-9-7-13(8-10-15)17(20)19-16-6-4-3-5-14(16)11-18/h7-10,12,14,16H,3-6,11H2,1-2H3,(H,19,20). The molecule has 4 heteroatoms. The number of hydrogen-bond donors (Lipinski definition) is 1. The van der Waals surface area contributed by atoms with Gasteiger partial charge in [-0.2, -0.15) is 0 Å². The van der Waals surface area contributed by atoms with E-state index in [2.05, 4.69) is 21.2 Å². The van der Waals surface area contributed by atoms with E-state index >= 15 is 0 Å². The molecule has 1 saturated carbocycles. The highest BCUT2D eigenvalue weighted by Gasteiger charge is 2.25.